The average molecular weight is 454 g/mol. The highest BCUT2D eigenvalue weighted by atomic mass is 32.2. The summed E-state index contributed by atoms with van der Waals surface area (Å²) < 4.78 is 28.6. The number of amides is 2. The van der Waals surface area contributed by atoms with E-state index in [0.29, 0.717) is 13.1 Å². The molecule has 9 heteroatoms. The third-order valence-corrected chi connectivity index (χ3v) is 6.31. The summed E-state index contributed by atoms with van der Waals surface area (Å²) in [7, 11) is -3.28. The van der Waals surface area contributed by atoms with Crippen LogP contribution in [-0.4, -0.2) is 80.0 Å². The van der Waals surface area contributed by atoms with Gasteiger partial charge in [-0.15, -0.1) is 0 Å². The molecule has 2 rings (SSSR count). The molecule has 1 heterocycles. The smallest absolute Gasteiger partial charge is 0.408 e. The van der Waals surface area contributed by atoms with Crippen LogP contribution in [0.3, 0.4) is 0 Å². The van der Waals surface area contributed by atoms with Crippen molar-refractivity contribution in [1.29, 1.82) is 0 Å². The van der Waals surface area contributed by atoms with Crippen LogP contribution in [-0.2, 0) is 26.0 Å². The first-order chi connectivity index (χ1) is 14.5. The molecule has 174 valence electrons. The summed E-state index contributed by atoms with van der Waals surface area (Å²) >= 11 is 0. The first kappa shape index (κ1) is 25.1. The second-order valence-corrected chi connectivity index (χ2v) is 11.3. The van der Waals surface area contributed by atoms with Gasteiger partial charge >= 0.3 is 6.09 Å². The van der Waals surface area contributed by atoms with Gasteiger partial charge < -0.3 is 15.0 Å². The monoisotopic (exact) mass is 453 g/mol. The Kier molecular flexibility index (Phi) is 8.88. The van der Waals surface area contributed by atoms with Crippen LogP contribution in [0, 0.1) is 0 Å². The molecule has 0 saturated carbocycles. The number of nitrogens with one attached hydrogen (secondary N) is 1. The minimum atomic E-state index is -3.28. The maximum Gasteiger partial charge on any atom is 0.408 e. The van der Waals surface area contributed by atoms with Crippen LogP contribution in [0.4, 0.5) is 4.79 Å². The molecule has 0 bridgehead atoms. The predicted octanol–water partition coefficient (Wildman–Crippen LogP) is 2.05. The maximum atomic E-state index is 13.2. The van der Waals surface area contributed by atoms with Crippen LogP contribution in [0.2, 0.25) is 0 Å². The second-order valence-electron chi connectivity index (χ2n) is 9.01. The van der Waals surface area contributed by atoms with E-state index in [1.165, 1.54) is 0 Å². The lowest BCUT2D eigenvalue weighted by molar-refractivity contribution is -0.133. The molecule has 0 spiro atoms. The van der Waals surface area contributed by atoms with E-state index in [0.717, 1.165) is 31.3 Å². The number of hydrogen-bond acceptors (Lipinski definition) is 6. The van der Waals surface area contributed by atoms with Gasteiger partial charge in [-0.3, -0.25) is 9.69 Å². The Bertz CT molecular complexity index is 836. The molecule has 1 saturated heterocycles. The van der Waals surface area contributed by atoms with Gasteiger partial charge in [0.1, 0.15) is 22.5 Å². The van der Waals surface area contributed by atoms with E-state index < -0.39 is 22.0 Å². The Morgan fingerprint density at radius 3 is 2.39 bits per heavy atom. The van der Waals surface area contributed by atoms with Crippen molar-refractivity contribution >= 4 is 21.8 Å². The predicted molar refractivity (Wildman–Crippen MR) is 120 cm³/mol. The molecule has 1 aromatic carbocycles. The summed E-state index contributed by atoms with van der Waals surface area (Å²) in [6.07, 6.45) is 1.22. The Balaban J connectivity index is 2.02. The summed E-state index contributed by atoms with van der Waals surface area (Å²) in [5.41, 5.74) is 0.834. The highest BCUT2D eigenvalue weighted by Gasteiger charge is 2.31. The molecular formula is C22H35N3O5S. The Morgan fingerprint density at radius 1 is 1.10 bits per heavy atom. The highest BCUT2D eigenvalue weighted by molar-refractivity contribution is 7.90. The number of carbonyl (C=O) groups is 2. The summed E-state index contributed by atoms with van der Waals surface area (Å²) in [6.45, 7) is 9.22. The van der Waals surface area contributed by atoms with E-state index in [1.54, 1.807) is 4.90 Å². The molecule has 1 fully saturated rings. The summed E-state index contributed by atoms with van der Waals surface area (Å²) in [5.74, 6) is -0.458. The molecule has 1 atom stereocenters. The number of hydrogen-bond donors (Lipinski definition) is 1. The van der Waals surface area contributed by atoms with Gasteiger partial charge in [-0.1, -0.05) is 30.3 Å². The fourth-order valence-corrected chi connectivity index (χ4v) is 4.19. The lowest BCUT2D eigenvalue weighted by atomic mass is 10.1. The maximum absolute atomic E-state index is 13.2. The van der Waals surface area contributed by atoms with Crippen molar-refractivity contribution < 1.29 is 22.7 Å². The van der Waals surface area contributed by atoms with E-state index in [1.807, 2.05) is 30.3 Å². The highest BCUT2D eigenvalue weighted by Crippen LogP contribution is 2.17. The van der Waals surface area contributed by atoms with E-state index in [4.69, 9.17) is 4.74 Å². The Morgan fingerprint density at radius 2 is 1.77 bits per heavy atom. The lowest BCUT2D eigenvalue weighted by Crippen LogP contribution is -2.50. The van der Waals surface area contributed by atoms with Crippen molar-refractivity contribution in [3.8, 4) is 0 Å². The molecule has 1 aliphatic heterocycles. The van der Waals surface area contributed by atoms with Crippen LogP contribution in [0.5, 0.6) is 0 Å². The number of sulfone groups is 1. The zero-order valence-corrected chi connectivity index (χ0v) is 19.8. The third kappa shape index (κ3) is 8.86. The molecule has 1 N–H and O–H groups in total. The first-order valence-corrected chi connectivity index (χ1v) is 12.7. The molecule has 2 amide bonds. The van der Waals surface area contributed by atoms with Gasteiger partial charge in [-0.05, 0) is 39.2 Å². The standard InChI is InChI=1S/C22H35N3O5S/c1-22(2,3)25-13-8-12-24(14-15-25)20(26)19(11-16-31(4,28)29)23-21(27)30-17-18-9-6-5-7-10-18/h5-7,9-10,19H,8,11-17H2,1-4H3,(H,23,27). The van der Waals surface area contributed by atoms with Crippen molar-refractivity contribution in [2.45, 2.75) is 51.8 Å². The SMILES string of the molecule is CC(C)(C)N1CCCN(C(=O)C(CCS(C)(=O)=O)NC(=O)OCc2ccccc2)CC1. The number of ether oxygens (including phenoxy) is 1. The molecule has 1 unspecified atom stereocenters. The number of carbonyl (C=O) groups excluding carboxylic acids is 2. The fraction of sp³-hybridized carbons (Fsp3) is 0.636. The zero-order valence-electron chi connectivity index (χ0n) is 19.0. The van der Waals surface area contributed by atoms with Crippen LogP contribution in [0.25, 0.3) is 0 Å². The van der Waals surface area contributed by atoms with Crippen molar-refractivity contribution in [3.63, 3.8) is 0 Å². The summed E-state index contributed by atoms with van der Waals surface area (Å²) in [5, 5.41) is 2.59. The summed E-state index contributed by atoms with van der Waals surface area (Å²) in [6, 6.07) is 8.27. The van der Waals surface area contributed by atoms with E-state index in [-0.39, 0.29) is 30.2 Å². The molecule has 0 aliphatic carbocycles. The van der Waals surface area contributed by atoms with Gasteiger partial charge in [0.25, 0.3) is 0 Å². The number of nitrogens with zero attached hydrogens (tertiary/aromatic N) is 2. The molecular weight excluding hydrogens is 418 g/mol. The Labute approximate surface area is 185 Å². The van der Waals surface area contributed by atoms with Gasteiger partial charge in [0.05, 0.1) is 5.75 Å². The van der Waals surface area contributed by atoms with Gasteiger partial charge in [-0.25, -0.2) is 13.2 Å². The Hall–Kier alpha value is -2.13. The minimum Gasteiger partial charge on any atom is -0.445 e. The molecule has 0 radical (unpaired) electrons. The minimum absolute atomic E-state index is 0.00818. The molecule has 8 nitrogen and oxygen atoms in total. The van der Waals surface area contributed by atoms with Gasteiger partial charge in [-0.2, -0.15) is 0 Å². The largest absolute Gasteiger partial charge is 0.445 e. The van der Waals surface area contributed by atoms with Crippen molar-refractivity contribution in [3.05, 3.63) is 35.9 Å². The number of benzene rings is 1. The van der Waals surface area contributed by atoms with Crippen LogP contribution in [0.15, 0.2) is 30.3 Å². The average Bonchev–Trinajstić information content (AvgIpc) is 2.95. The lowest BCUT2D eigenvalue weighted by Gasteiger charge is -2.34. The quantitative estimate of drug-likeness (QED) is 0.679. The third-order valence-electron chi connectivity index (χ3n) is 5.34. The van der Waals surface area contributed by atoms with Crippen molar-refractivity contribution in [2.75, 3.05) is 38.2 Å². The van der Waals surface area contributed by atoms with Crippen LogP contribution in [0.1, 0.15) is 39.2 Å². The van der Waals surface area contributed by atoms with E-state index >= 15 is 0 Å². The van der Waals surface area contributed by atoms with Crippen LogP contribution < -0.4 is 5.32 Å². The number of rotatable bonds is 7. The zero-order chi connectivity index (χ0) is 23.1. The van der Waals surface area contributed by atoms with Gasteiger partial charge in [0.15, 0.2) is 0 Å². The van der Waals surface area contributed by atoms with Crippen molar-refractivity contribution in [2.24, 2.45) is 0 Å². The van der Waals surface area contributed by atoms with Crippen LogP contribution >= 0.6 is 0 Å². The molecule has 1 aromatic rings. The molecule has 1 aliphatic rings. The topological polar surface area (TPSA) is 96.0 Å². The normalized spacial score (nSPS) is 17.0. The second kappa shape index (κ2) is 10.9. The molecule has 0 aromatic heterocycles. The first-order valence-electron chi connectivity index (χ1n) is 10.6. The fourth-order valence-electron chi connectivity index (χ4n) is 3.53. The van der Waals surface area contributed by atoms with E-state index in [9.17, 15) is 18.0 Å². The number of alkyl carbamates (subject to hydrolysis) is 1. The molecule has 31 heavy (non-hydrogen) atoms. The summed E-state index contributed by atoms with van der Waals surface area (Å²) in [4.78, 5) is 29.5. The van der Waals surface area contributed by atoms with E-state index in [2.05, 4.69) is 31.0 Å². The van der Waals surface area contributed by atoms with Gasteiger partial charge in [0, 0.05) is 38.0 Å². The van der Waals surface area contributed by atoms with Gasteiger partial charge in [0.2, 0.25) is 5.91 Å². The van der Waals surface area contributed by atoms with Crippen molar-refractivity contribution in [1.82, 2.24) is 15.1 Å².